The molecule has 0 saturated carbocycles. The lowest BCUT2D eigenvalue weighted by molar-refractivity contribution is -0.137. The van der Waals surface area contributed by atoms with Crippen molar-refractivity contribution in [2.75, 3.05) is 5.32 Å². The first-order chi connectivity index (χ1) is 14.1. The van der Waals surface area contributed by atoms with Gasteiger partial charge in [0, 0.05) is 11.7 Å². The lowest BCUT2D eigenvalue weighted by atomic mass is 10.0. The van der Waals surface area contributed by atoms with E-state index in [0.717, 1.165) is 11.3 Å². The Morgan fingerprint density at radius 1 is 0.828 bits per heavy atom. The topological polar surface area (TPSA) is 87.7 Å². The Bertz CT molecular complexity index is 928. The van der Waals surface area contributed by atoms with Crippen LogP contribution in [0, 0.1) is 0 Å². The molecule has 0 aromatic heterocycles. The number of benzene rings is 3. The molecule has 29 heavy (non-hydrogen) atoms. The van der Waals surface area contributed by atoms with E-state index in [1.807, 2.05) is 60.7 Å². The van der Waals surface area contributed by atoms with Crippen molar-refractivity contribution >= 4 is 17.7 Å². The van der Waals surface area contributed by atoms with Crippen LogP contribution < -0.4 is 15.4 Å². The first kappa shape index (κ1) is 19.9. The van der Waals surface area contributed by atoms with Gasteiger partial charge in [0.15, 0.2) is 0 Å². The molecule has 0 heterocycles. The molecule has 2 amide bonds. The highest BCUT2D eigenvalue weighted by Crippen LogP contribution is 2.22. The highest BCUT2D eigenvalue weighted by molar-refractivity contribution is 5.89. The summed E-state index contributed by atoms with van der Waals surface area (Å²) in [4.78, 5) is 23.5. The molecular formula is C23H22N2O4. The molecule has 6 nitrogen and oxygen atoms in total. The van der Waals surface area contributed by atoms with Crippen molar-refractivity contribution in [3.63, 3.8) is 0 Å². The summed E-state index contributed by atoms with van der Waals surface area (Å²) in [5.41, 5.74) is 1.54. The molecule has 0 aliphatic carbocycles. The molecule has 3 aromatic carbocycles. The highest BCUT2D eigenvalue weighted by Gasteiger charge is 2.16. The van der Waals surface area contributed by atoms with Crippen LogP contribution in [-0.4, -0.2) is 23.1 Å². The predicted molar refractivity (Wildman–Crippen MR) is 111 cm³/mol. The molecular weight excluding hydrogens is 368 g/mol. The highest BCUT2D eigenvalue weighted by atomic mass is 16.5. The van der Waals surface area contributed by atoms with Crippen molar-refractivity contribution < 1.29 is 19.4 Å². The van der Waals surface area contributed by atoms with Gasteiger partial charge in [-0.25, -0.2) is 4.79 Å². The third-order valence-corrected chi connectivity index (χ3v) is 4.17. The van der Waals surface area contributed by atoms with Gasteiger partial charge in [-0.15, -0.1) is 0 Å². The lowest BCUT2D eigenvalue weighted by Crippen LogP contribution is -2.40. The summed E-state index contributed by atoms with van der Waals surface area (Å²) in [5.74, 6) is 0.409. The van der Waals surface area contributed by atoms with E-state index in [1.54, 1.807) is 24.3 Å². The monoisotopic (exact) mass is 390 g/mol. The predicted octanol–water partition coefficient (Wildman–Crippen LogP) is 4.69. The van der Waals surface area contributed by atoms with Gasteiger partial charge in [0.2, 0.25) is 0 Å². The average Bonchev–Trinajstić information content (AvgIpc) is 2.70. The number of hydrogen-bond acceptors (Lipinski definition) is 3. The van der Waals surface area contributed by atoms with Crippen molar-refractivity contribution in [2.45, 2.75) is 18.9 Å². The van der Waals surface area contributed by atoms with E-state index in [4.69, 9.17) is 9.84 Å². The standard InChI is InChI=1S/C23H22N2O4/c26-22(27)16-19(15-17-7-3-1-4-8-17)25-23(28)24-18-11-13-21(14-12-18)29-20-9-5-2-6-10-20/h1-14,19H,15-16H2,(H,26,27)(H2,24,25,28). The van der Waals surface area contributed by atoms with E-state index in [2.05, 4.69) is 10.6 Å². The number of amides is 2. The van der Waals surface area contributed by atoms with Gasteiger partial charge in [-0.1, -0.05) is 48.5 Å². The van der Waals surface area contributed by atoms with Crippen molar-refractivity contribution in [3.8, 4) is 11.5 Å². The summed E-state index contributed by atoms with van der Waals surface area (Å²) >= 11 is 0. The molecule has 3 N–H and O–H groups in total. The molecule has 0 radical (unpaired) electrons. The van der Waals surface area contributed by atoms with Gasteiger partial charge in [-0.2, -0.15) is 0 Å². The molecule has 148 valence electrons. The van der Waals surface area contributed by atoms with Gasteiger partial charge in [-0.3, -0.25) is 4.79 Å². The zero-order valence-electron chi connectivity index (χ0n) is 15.7. The number of carbonyl (C=O) groups is 2. The molecule has 3 rings (SSSR count). The molecule has 6 heteroatoms. The minimum Gasteiger partial charge on any atom is -0.481 e. The summed E-state index contributed by atoms with van der Waals surface area (Å²) in [6.45, 7) is 0. The zero-order valence-corrected chi connectivity index (χ0v) is 15.7. The van der Waals surface area contributed by atoms with Gasteiger partial charge in [-0.05, 0) is 48.4 Å². The fraction of sp³-hybridized carbons (Fsp3) is 0.130. The Morgan fingerprint density at radius 3 is 2.03 bits per heavy atom. The van der Waals surface area contributed by atoms with Gasteiger partial charge in [0.1, 0.15) is 11.5 Å². The maximum atomic E-state index is 12.3. The average molecular weight is 390 g/mol. The summed E-state index contributed by atoms with van der Waals surface area (Å²) in [7, 11) is 0. The fourth-order valence-corrected chi connectivity index (χ4v) is 2.87. The Morgan fingerprint density at radius 2 is 1.41 bits per heavy atom. The second-order valence-electron chi connectivity index (χ2n) is 6.52. The van der Waals surface area contributed by atoms with Gasteiger partial charge in [0.05, 0.1) is 6.42 Å². The Balaban J connectivity index is 1.56. The maximum Gasteiger partial charge on any atom is 0.319 e. The number of urea groups is 1. The zero-order chi connectivity index (χ0) is 20.5. The van der Waals surface area contributed by atoms with Crippen LogP contribution in [0.4, 0.5) is 10.5 Å². The number of para-hydroxylation sites is 1. The summed E-state index contributed by atoms with van der Waals surface area (Å²) in [5, 5.41) is 14.6. The molecule has 1 atom stereocenters. The van der Waals surface area contributed by atoms with Gasteiger partial charge < -0.3 is 20.5 Å². The smallest absolute Gasteiger partial charge is 0.319 e. The number of nitrogens with one attached hydrogen (secondary N) is 2. The molecule has 3 aromatic rings. The molecule has 0 aliphatic rings. The molecule has 1 unspecified atom stereocenters. The number of carboxylic acids is 1. The Labute approximate surface area is 169 Å². The van der Waals surface area contributed by atoms with E-state index in [0.29, 0.717) is 17.9 Å². The summed E-state index contributed by atoms with van der Waals surface area (Å²) in [6, 6.07) is 24.8. The van der Waals surface area contributed by atoms with Crippen LogP contribution in [-0.2, 0) is 11.2 Å². The molecule has 0 fully saturated rings. The van der Waals surface area contributed by atoms with Crippen LogP contribution in [0.3, 0.4) is 0 Å². The second-order valence-corrected chi connectivity index (χ2v) is 6.52. The lowest BCUT2D eigenvalue weighted by Gasteiger charge is -2.18. The molecule has 0 aliphatic heterocycles. The van der Waals surface area contributed by atoms with Gasteiger partial charge in [0.25, 0.3) is 0 Å². The van der Waals surface area contributed by atoms with E-state index in [1.165, 1.54) is 0 Å². The second kappa shape index (κ2) is 9.94. The number of carboxylic acid groups (broad SMARTS) is 1. The van der Waals surface area contributed by atoms with Crippen molar-refractivity contribution in [1.82, 2.24) is 5.32 Å². The molecule has 0 spiro atoms. The molecule has 0 bridgehead atoms. The SMILES string of the molecule is O=C(O)CC(Cc1ccccc1)NC(=O)Nc1ccc(Oc2ccccc2)cc1. The van der Waals surface area contributed by atoms with E-state index in [9.17, 15) is 9.59 Å². The normalized spacial score (nSPS) is 11.3. The number of hydrogen-bond donors (Lipinski definition) is 3. The molecule has 0 saturated heterocycles. The van der Waals surface area contributed by atoms with Crippen molar-refractivity contribution in [3.05, 3.63) is 90.5 Å². The van der Waals surface area contributed by atoms with Crippen molar-refractivity contribution in [2.24, 2.45) is 0 Å². The van der Waals surface area contributed by atoms with E-state index >= 15 is 0 Å². The van der Waals surface area contributed by atoms with Crippen LogP contribution >= 0.6 is 0 Å². The Kier molecular flexibility index (Phi) is 6.84. The minimum atomic E-state index is -0.964. The number of ether oxygens (including phenoxy) is 1. The van der Waals surface area contributed by atoms with Gasteiger partial charge >= 0.3 is 12.0 Å². The summed E-state index contributed by atoms with van der Waals surface area (Å²) < 4.78 is 5.72. The van der Waals surface area contributed by atoms with Crippen LogP contribution in [0.25, 0.3) is 0 Å². The third kappa shape index (κ3) is 6.70. The van der Waals surface area contributed by atoms with E-state index in [-0.39, 0.29) is 6.42 Å². The van der Waals surface area contributed by atoms with Crippen LogP contribution in [0.5, 0.6) is 11.5 Å². The van der Waals surface area contributed by atoms with Crippen LogP contribution in [0.15, 0.2) is 84.9 Å². The Hall–Kier alpha value is -3.80. The van der Waals surface area contributed by atoms with E-state index < -0.39 is 18.0 Å². The number of rotatable bonds is 8. The minimum absolute atomic E-state index is 0.161. The first-order valence-corrected chi connectivity index (χ1v) is 9.25. The number of aliphatic carboxylic acids is 1. The summed E-state index contributed by atoms with van der Waals surface area (Å²) in [6.07, 6.45) is 0.274. The first-order valence-electron chi connectivity index (χ1n) is 9.25. The third-order valence-electron chi connectivity index (χ3n) is 4.17. The number of carbonyl (C=O) groups excluding carboxylic acids is 1. The number of anilines is 1. The maximum absolute atomic E-state index is 12.3. The van der Waals surface area contributed by atoms with Crippen LogP contribution in [0.2, 0.25) is 0 Å². The largest absolute Gasteiger partial charge is 0.481 e. The van der Waals surface area contributed by atoms with Crippen LogP contribution in [0.1, 0.15) is 12.0 Å². The fourth-order valence-electron chi connectivity index (χ4n) is 2.87. The quantitative estimate of drug-likeness (QED) is 0.521. The van der Waals surface area contributed by atoms with Crippen molar-refractivity contribution in [1.29, 1.82) is 0 Å².